The van der Waals surface area contributed by atoms with Gasteiger partial charge in [0, 0.05) is 20.2 Å². The third kappa shape index (κ3) is 4.88. The van der Waals surface area contributed by atoms with Crippen molar-refractivity contribution in [2.24, 2.45) is 0 Å². The zero-order chi connectivity index (χ0) is 12.9. The van der Waals surface area contributed by atoms with Gasteiger partial charge in [-0.15, -0.1) is 0 Å². The molecule has 0 amide bonds. The molecule has 0 atom stereocenters. The molecule has 0 spiro atoms. The molecule has 0 bridgehead atoms. The van der Waals surface area contributed by atoms with Crippen molar-refractivity contribution in [2.45, 2.75) is 45.8 Å². The van der Waals surface area contributed by atoms with E-state index in [1.54, 1.807) is 7.11 Å². The lowest BCUT2D eigenvalue weighted by Gasteiger charge is -2.23. The number of ether oxygens (including phenoxy) is 1. The average molecular weight is 235 g/mol. The van der Waals surface area contributed by atoms with Crippen molar-refractivity contribution >= 4 is 0 Å². The summed E-state index contributed by atoms with van der Waals surface area (Å²) in [6, 6.07) is 8.82. The predicted octanol–water partition coefficient (Wildman–Crippen LogP) is 3.32. The Balaban J connectivity index is 2.42. The summed E-state index contributed by atoms with van der Waals surface area (Å²) in [5.41, 5.74) is 2.62. The zero-order valence-corrected chi connectivity index (χ0v) is 11.7. The second-order valence-corrected chi connectivity index (χ2v) is 5.46. The summed E-state index contributed by atoms with van der Waals surface area (Å²) in [5, 5.41) is 3.42. The Morgan fingerprint density at radius 1 is 1.18 bits per heavy atom. The monoisotopic (exact) mass is 235 g/mol. The fraction of sp³-hybridized carbons (Fsp3) is 0.600. The summed E-state index contributed by atoms with van der Waals surface area (Å²) in [6.07, 6.45) is 0. The Morgan fingerprint density at radius 3 is 2.24 bits per heavy atom. The van der Waals surface area contributed by atoms with Gasteiger partial charge in [0.1, 0.15) is 0 Å². The minimum Gasteiger partial charge on any atom is -0.377 e. The fourth-order valence-corrected chi connectivity index (χ4v) is 1.60. The first-order valence-corrected chi connectivity index (χ1v) is 6.29. The van der Waals surface area contributed by atoms with Crippen molar-refractivity contribution in [1.82, 2.24) is 5.32 Å². The molecule has 96 valence electrons. The van der Waals surface area contributed by atoms with Crippen LogP contribution in [0.15, 0.2) is 24.3 Å². The molecule has 0 aliphatic rings. The largest absolute Gasteiger partial charge is 0.377 e. The lowest BCUT2D eigenvalue weighted by atomic mass is 10.0. The van der Waals surface area contributed by atoms with E-state index in [-0.39, 0.29) is 5.60 Å². The van der Waals surface area contributed by atoms with Crippen LogP contribution in [0.25, 0.3) is 0 Å². The predicted molar refractivity (Wildman–Crippen MR) is 73.3 cm³/mol. The van der Waals surface area contributed by atoms with E-state index in [4.69, 9.17) is 4.74 Å². The molecule has 0 saturated heterocycles. The Labute approximate surface area is 105 Å². The molecular formula is C15H25NO. The van der Waals surface area contributed by atoms with Crippen LogP contribution in [-0.2, 0) is 11.3 Å². The van der Waals surface area contributed by atoms with Gasteiger partial charge in [0.25, 0.3) is 0 Å². The zero-order valence-electron chi connectivity index (χ0n) is 11.7. The van der Waals surface area contributed by atoms with E-state index in [2.05, 4.69) is 57.3 Å². The molecule has 0 aromatic heterocycles. The van der Waals surface area contributed by atoms with Crippen molar-refractivity contribution in [3.8, 4) is 0 Å². The van der Waals surface area contributed by atoms with E-state index in [0.29, 0.717) is 5.92 Å². The van der Waals surface area contributed by atoms with Crippen LogP contribution in [0.1, 0.15) is 44.7 Å². The normalized spacial score (nSPS) is 12.1. The summed E-state index contributed by atoms with van der Waals surface area (Å²) in [6.45, 7) is 10.4. The third-order valence-corrected chi connectivity index (χ3v) is 3.08. The van der Waals surface area contributed by atoms with Gasteiger partial charge in [-0.05, 0) is 30.9 Å². The summed E-state index contributed by atoms with van der Waals surface area (Å²) >= 11 is 0. The molecular weight excluding hydrogens is 210 g/mol. The molecule has 1 rings (SSSR count). The highest BCUT2D eigenvalue weighted by molar-refractivity contribution is 5.24. The van der Waals surface area contributed by atoms with Crippen LogP contribution in [0, 0.1) is 0 Å². The number of methoxy groups -OCH3 is 1. The highest BCUT2D eigenvalue weighted by atomic mass is 16.5. The molecule has 0 aliphatic carbocycles. The van der Waals surface area contributed by atoms with Crippen LogP contribution in [-0.4, -0.2) is 19.3 Å². The SMILES string of the molecule is COC(C)(C)CNCc1ccc(C(C)C)cc1. The molecule has 0 fully saturated rings. The van der Waals surface area contributed by atoms with Gasteiger partial charge in [-0.2, -0.15) is 0 Å². The molecule has 0 aliphatic heterocycles. The highest BCUT2D eigenvalue weighted by Gasteiger charge is 2.14. The second kappa shape index (κ2) is 6.18. The second-order valence-electron chi connectivity index (χ2n) is 5.46. The Morgan fingerprint density at radius 2 is 1.76 bits per heavy atom. The topological polar surface area (TPSA) is 21.3 Å². The molecule has 0 radical (unpaired) electrons. The van der Waals surface area contributed by atoms with E-state index in [1.165, 1.54) is 11.1 Å². The number of hydrogen-bond donors (Lipinski definition) is 1. The van der Waals surface area contributed by atoms with Crippen molar-refractivity contribution in [1.29, 1.82) is 0 Å². The maximum atomic E-state index is 5.36. The molecule has 2 heteroatoms. The van der Waals surface area contributed by atoms with Crippen molar-refractivity contribution in [3.63, 3.8) is 0 Å². The standard InChI is InChI=1S/C15H25NO/c1-12(2)14-8-6-13(7-9-14)10-16-11-15(3,4)17-5/h6-9,12,16H,10-11H2,1-5H3. The number of benzene rings is 1. The molecule has 0 heterocycles. The van der Waals surface area contributed by atoms with E-state index >= 15 is 0 Å². The van der Waals surface area contributed by atoms with Crippen LogP contribution in [0.4, 0.5) is 0 Å². The molecule has 17 heavy (non-hydrogen) atoms. The van der Waals surface area contributed by atoms with Crippen molar-refractivity contribution < 1.29 is 4.74 Å². The van der Waals surface area contributed by atoms with Gasteiger partial charge >= 0.3 is 0 Å². The Kier molecular flexibility index (Phi) is 5.16. The first kappa shape index (κ1) is 14.2. The van der Waals surface area contributed by atoms with Gasteiger partial charge in [-0.1, -0.05) is 38.1 Å². The Bertz CT molecular complexity index is 327. The summed E-state index contributed by atoms with van der Waals surface area (Å²) < 4.78 is 5.36. The minimum atomic E-state index is -0.0993. The highest BCUT2D eigenvalue weighted by Crippen LogP contribution is 2.14. The fourth-order valence-electron chi connectivity index (χ4n) is 1.60. The van der Waals surface area contributed by atoms with E-state index in [1.807, 2.05) is 0 Å². The van der Waals surface area contributed by atoms with Gasteiger partial charge in [-0.25, -0.2) is 0 Å². The Hall–Kier alpha value is -0.860. The van der Waals surface area contributed by atoms with Crippen LogP contribution in [0.3, 0.4) is 0 Å². The maximum absolute atomic E-state index is 5.36. The van der Waals surface area contributed by atoms with Crippen molar-refractivity contribution in [3.05, 3.63) is 35.4 Å². The van der Waals surface area contributed by atoms with E-state index < -0.39 is 0 Å². The van der Waals surface area contributed by atoms with Gasteiger partial charge in [0.15, 0.2) is 0 Å². The summed E-state index contributed by atoms with van der Waals surface area (Å²) in [5.74, 6) is 0.601. The van der Waals surface area contributed by atoms with Gasteiger partial charge < -0.3 is 10.1 Å². The molecule has 2 nitrogen and oxygen atoms in total. The number of hydrogen-bond acceptors (Lipinski definition) is 2. The molecule has 1 N–H and O–H groups in total. The summed E-state index contributed by atoms with van der Waals surface area (Å²) in [7, 11) is 1.75. The maximum Gasteiger partial charge on any atom is 0.0746 e. The van der Waals surface area contributed by atoms with Crippen LogP contribution >= 0.6 is 0 Å². The summed E-state index contributed by atoms with van der Waals surface area (Å²) in [4.78, 5) is 0. The lowest BCUT2D eigenvalue weighted by Crippen LogP contribution is -2.36. The van der Waals surface area contributed by atoms with Gasteiger partial charge in [0.05, 0.1) is 5.60 Å². The number of rotatable bonds is 6. The average Bonchev–Trinajstić information content (AvgIpc) is 2.29. The van der Waals surface area contributed by atoms with E-state index in [9.17, 15) is 0 Å². The lowest BCUT2D eigenvalue weighted by molar-refractivity contribution is 0.0230. The first-order chi connectivity index (χ1) is 7.94. The first-order valence-electron chi connectivity index (χ1n) is 6.29. The molecule has 0 saturated carbocycles. The third-order valence-electron chi connectivity index (χ3n) is 3.08. The number of nitrogens with one attached hydrogen (secondary N) is 1. The van der Waals surface area contributed by atoms with Crippen LogP contribution < -0.4 is 5.32 Å². The van der Waals surface area contributed by atoms with Crippen LogP contribution in [0.5, 0.6) is 0 Å². The molecule has 1 aromatic carbocycles. The minimum absolute atomic E-state index is 0.0993. The molecule has 0 unspecified atom stereocenters. The van der Waals surface area contributed by atoms with Gasteiger partial charge in [-0.3, -0.25) is 0 Å². The molecule has 1 aromatic rings. The van der Waals surface area contributed by atoms with E-state index in [0.717, 1.165) is 13.1 Å². The smallest absolute Gasteiger partial charge is 0.0746 e. The van der Waals surface area contributed by atoms with Crippen molar-refractivity contribution in [2.75, 3.05) is 13.7 Å². The van der Waals surface area contributed by atoms with Gasteiger partial charge in [0.2, 0.25) is 0 Å². The van der Waals surface area contributed by atoms with Crippen LogP contribution in [0.2, 0.25) is 0 Å². The quantitative estimate of drug-likeness (QED) is 0.816.